The SMILES string of the molecule is CC[NH+]1CCC[C@H]1C[NH2+]Cc1ccc(OC)cc1. The van der Waals surface area contributed by atoms with Crippen molar-refractivity contribution in [3.05, 3.63) is 29.8 Å². The summed E-state index contributed by atoms with van der Waals surface area (Å²) in [4.78, 5) is 1.79. The van der Waals surface area contributed by atoms with Crippen molar-refractivity contribution >= 4 is 0 Å². The highest BCUT2D eigenvalue weighted by atomic mass is 16.5. The second kappa shape index (κ2) is 6.76. The molecule has 2 atom stereocenters. The van der Waals surface area contributed by atoms with Crippen LogP contribution in [0.1, 0.15) is 25.3 Å². The number of ether oxygens (including phenoxy) is 1. The van der Waals surface area contributed by atoms with Gasteiger partial charge in [0.25, 0.3) is 0 Å². The number of likely N-dealkylation sites (N-methyl/N-ethyl adjacent to an activating group) is 1. The molecule has 1 unspecified atom stereocenters. The summed E-state index contributed by atoms with van der Waals surface area (Å²) >= 11 is 0. The third-order valence-electron chi connectivity index (χ3n) is 4.07. The largest absolute Gasteiger partial charge is 0.497 e. The quantitative estimate of drug-likeness (QED) is 0.721. The molecule has 2 rings (SSSR count). The second-order valence-electron chi connectivity index (χ2n) is 5.18. The fourth-order valence-electron chi connectivity index (χ4n) is 2.95. The Morgan fingerprint density at radius 2 is 2.11 bits per heavy atom. The molecule has 18 heavy (non-hydrogen) atoms. The van der Waals surface area contributed by atoms with Crippen LogP contribution in [0.5, 0.6) is 5.75 Å². The molecule has 0 amide bonds. The van der Waals surface area contributed by atoms with E-state index in [1.54, 1.807) is 12.0 Å². The molecule has 1 saturated heterocycles. The lowest BCUT2D eigenvalue weighted by atomic mass is 10.2. The van der Waals surface area contributed by atoms with Gasteiger partial charge in [-0.15, -0.1) is 0 Å². The van der Waals surface area contributed by atoms with Crippen molar-refractivity contribution in [1.82, 2.24) is 0 Å². The number of rotatable bonds is 6. The van der Waals surface area contributed by atoms with Gasteiger partial charge in [-0.2, -0.15) is 0 Å². The molecular weight excluding hydrogens is 224 g/mol. The van der Waals surface area contributed by atoms with Crippen LogP contribution in [-0.2, 0) is 6.54 Å². The van der Waals surface area contributed by atoms with E-state index < -0.39 is 0 Å². The zero-order valence-corrected chi connectivity index (χ0v) is 11.6. The van der Waals surface area contributed by atoms with Crippen LogP contribution in [0, 0.1) is 0 Å². The molecule has 0 bridgehead atoms. The molecule has 1 aromatic carbocycles. The molecule has 100 valence electrons. The summed E-state index contributed by atoms with van der Waals surface area (Å²) in [6, 6.07) is 9.28. The first-order valence-electron chi connectivity index (χ1n) is 7.12. The first-order chi connectivity index (χ1) is 8.83. The summed E-state index contributed by atoms with van der Waals surface area (Å²) in [6.07, 6.45) is 2.81. The minimum atomic E-state index is 0.869. The zero-order chi connectivity index (χ0) is 12.8. The van der Waals surface area contributed by atoms with Crippen LogP contribution in [0.15, 0.2) is 24.3 Å². The molecule has 0 spiro atoms. The van der Waals surface area contributed by atoms with Gasteiger partial charge in [0.1, 0.15) is 24.9 Å². The summed E-state index contributed by atoms with van der Waals surface area (Å²) in [5.74, 6) is 0.941. The van der Waals surface area contributed by atoms with Crippen LogP contribution in [0.4, 0.5) is 0 Å². The summed E-state index contributed by atoms with van der Waals surface area (Å²) in [6.45, 7) is 7.29. The Morgan fingerprint density at radius 3 is 2.78 bits per heavy atom. The van der Waals surface area contributed by atoms with Gasteiger partial charge in [-0.05, 0) is 31.2 Å². The van der Waals surface area contributed by atoms with Crippen molar-refractivity contribution in [2.45, 2.75) is 32.4 Å². The lowest BCUT2D eigenvalue weighted by Crippen LogP contribution is -3.16. The van der Waals surface area contributed by atoms with Crippen molar-refractivity contribution < 1.29 is 15.0 Å². The maximum absolute atomic E-state index is 5.17. The average molecular weight is 250 g/mol. The molecule has 0 saturated carbocycles. The molecule has 3 nitrogen and oxygen atoms in total. The molecule has 1 aromatic rings. The molecule has 0 aromatic heterocycles. The van der Waals surface area contributed by atoms with Gasteiger partial charge in [0.05, 0.1) is 20.2 Å². The maximum atomic E-state index is 5.17. The van der Waals surface area contributed by atoms with E-state index in [1.807, 2.05) is 12.1 Å². The topological polar surface area (TPSA) is 30.3 Å². The Balaban J connectivity index is 1.74. The monoisotopic (exact) mass is 250 g/mol. The number of nitrogens with two attached hydrogens (primary N) is 1. The number of benzene rings is 1. The van der Waals surface area contributed by atoms with Crippen LogP contribution in [-0.4, -0.2) is 32.8 Å². The Kier molecular flexibility index (Phi) is 5.02. The van der Waals surface area contributed by atoms with Gasteiger partial charge in [0, 0.05) is 18.4 Å². The highest BCUT2D eigenvalue weighted by Gasteiger charge is 2.27. The van der Waals surface area contributed by atoms with Crippen molar-refractivity contribution in [1.29, 1.82) is 0 Å². The van der Waals surface area contributed by atoms with E-state index >= 15 is 0 Å². The first kappa shape index (κ1) is 13.4. The summed E-state index contributed by atoms with van der Waals surface area (Å²) in [5, 5.41) is 2.45. The van der Waals surface area contributed by atoms with E-state index in [-0.39, 0.29) is 0 Å². The van der Waals surface area contributed by atoms with Gasteiger partial charge in [-0.1, -0.05) is 0 Å². The summed E-state index contributed by atoms with van der Waals surface area (Å²) in [5.41, 5.74) is 1.38. The smallest absolute Gasteiger partial charge is 0.137 e. The first-order valence-corrected chi connectivity index (χ1v) is 7.12. The van der Waals surface area contributed by atoms with E-state index in [2.05, 4.69) is 24.4 Å². The Hall–Kier alpha value is -1.06. The van der Waals surface area contributed by atoms with Crippen molar-refractivity contribution in [3.63, 3.8) is 0 Å². The van der Waals surface area contributed by atoms with Crippen molar-refractivity contribution in [3.8, 4) is 5.75 Å². The lowest BCUT2D eigenvalue weighted by Gasteiger charge is -2.18. The Morgan fingerprint density at radius 1 is 1.33 bits per heavy atom. The molecule has 1 aliphatic heterocycles. The van der Waals surface area contributed by atoms with E-state index in [1.165, 1.54) is 38.0 Å². The standard InChI is InChI=1S/C15H24N2O/c1-3-17-10-4-5-14(17)12-16-11-13-6-8-15(18-2)9-7-13/h6-9,14,16H,3-5,10-12H2,1-2H3/p+2/t14-/m0/s1. The Bertz CT molecular complexity index is 350. The number of quaternary nitrogens is 2. The second-order valence-corrected chi connectivity index (χ2v) is 5.18. The Labute approximate surface area is 110 Å². The van der Waals surface area contributed by atoms with E-state index in [4.69, 9.17) is 4.74 Å². The van der Waals surface area contributed by atoms with Gasteiger partial charge in [0.2, 0.25) is 0 Å². The van der Waals surface area contributed by atoms with E-state index in [0.717, 1.165) is 18.3 Å². The van der Waals surface area contributed by atoms with Crippen LogP contribution < -0.4 is 15.0 Å². The average Bonchev–Trinajstić information content (AvgIpc) is 2.87. The highest BCUT2D eigenvalue weighted by molar-refractivity contribution is 5.26. The van der Waals surface area contributed by atoms with Crippen molar-refractivity contribution in [2.24, 2.45) is 0 Å². The van der Waals surface area contributed by atoms with Gasteiger partial charge >= 0.3 is 0 Å². The van der Waals surface area contributed by atoms with Gasteiger partial charge in [-0.3, -0.25) is 0 Å². The molecule has 0 radical (unpaired) electrons. The fraction of sp³-hybridized carbons (Fsp3) is 0.600. The summed E-state index contributed by atoms with van der Waals surface area (Å²) in [7, 11) is 1.71. The van der Waals surface area contributed by atoms with Gasteiger partial charge < -0.3 is 15.0 Å². The number of methoxy groups -OCH3 is 1. The number of likely N-dealkylation sites (tertiary alicyclic amines) is 1. The molecule has 0 aliphatic carbocycles. The molecule has 3 N–H and O–H groups in total. The lowest BCUT2D eigenvalue weighted by molar-refractivity contribution is -0.925. The molecular formula is C15H26N2O+2. The number of nitrogens with one attached hydrogen (secondary N) is 1. The summed E-state index contributed by atoms with van der Waals surface area (Å²) < 4.78 is 5.17. The van der Waals surface area contributed by atoms with Crippen LogP contribution >= 0.6 is 0 Å². The molecule has 1 fully saturated rings. The minimum absolute atomic E-state index is 0.869. The predicted octanol–water partition coefficient (Wildman–Crippen LogP) is -0.174. The van der Waals surface area contributed by atoms with Crippen molar-refractivity contribution in [2.75, 3.05) is 26.7 Å². The van der Waals surface area contributed by atoms with E-state index in [9.17, 15) is 0 Å². The van der Waals surface area contributed by atoms with Gasteiger partial charge in [0.15, 0.2) is 0 Å². The molecule has 3 heteroatoms. The van der Waals surface area contributed by atoms with Crippen LogP contribution in [0.25, 0.3) is 0 Å². The van der Waals surface area contributed by atoms with Crippen LogP contribution in [0.2, 0.25) is 0 Å². The van der Waals surface area contributed by atoms with Crippen LogP contribution in [0.3, 0.4) is 0 Å². The molecule has 1 heterocycles. The third-order valence-corrected chi connectivity index (χ3v) is 4.07. The zero-order valence-electron chi connectivity index (χ0n) is 11.6. The molecule has 1 aliphatic rings. The number of hydrogen-bond donors (Lipinski definition) is 2. The van der Waals surface area contributed by atoms with E-state index in [0.29, 0.717) is 0 Å². The minimum Gasteiger partial charge on any atom is -0.497 e. The predicted molar refractivity (Wildman–Crippen MR) is 72.9 cm³/mol. The fourth-order valence-corrected chi connectivity index (χ4v) is 2.95. The number of hydrogen-bond acceptors (Lipinski definition) is 1. The normalized spacial score (nSPS) is 23.2. The maximum Gasteiger partial charge on any atom is 0.137 e. The highest BCUT2D eigenvalue weighted by Crippen LogP contribution is 2.10. The van der Waals surface area contributed by atoms with Gasteiger partial charge in [-0.25, -0.2) is 0 Å². The third kappa shape index (κ3) is 3.47.